The van der Waals surface area contributed by atoms with E-state index in [0.717, 1.165) is 12.8 Å². The van der Waals surface area contributed by atoms with Gasteiger partial charge in [-0.15, -0.1) is 12.8 Å². The molecule has 2 rings (SSSR count). The van der Waals surface area contributed by atoms with Gasteiger partial charge in [-0.25, -0.2) is 24.3 Å². The summed E-state index contributed by atoms with van der Waals surface area (Å²) in [5.74, 6) is 0. The molecule has 0 N–H and O–H groups in total. The van der Waals surface area contributed by atoms with Crippen LogP contribution in [-0.4, -0.2) is 0 Å². The van der Waals surface area contributed by atoms with Crippen LogP contribution in [0.4, 0.5) is 0 Å². The van der Waals surface area contributed by atoms with Crippen LogP contribution in [-0.2, 0) is 0 Å². The zero-order chi connectivity index (χ0) is 7.07. The van der Waals surface area contributed by atoms with Crippen molar-refractivity contribution >= 4 is 0 Å². The standard InChI is InChI=1S/2C5H5.Yb.H/c2*1-2-4-5-3-1;;/h2*1-3H,4H2;;/q2*-1;+3;-1. The molecule has 0 fully saturated rings. The van der Waals surface area contributed by atoms with Gasteiger partial charge < -0.3 is 1.43 Å². The zero-order valence-electron chi connectivity index (χ0n) is 7.15. The molecule has 0 atom stereocenters. The average Bonchev–Trinajstić information content (AvgIpc) is 2.67. The first-order valence-electron chi connectivity index (χ1n) is 3.43. The molecule has 1 radical (unpaired) electrons. The first-order valence-corrected chi connectivity index (χ1v) is 3.43. The van der Waals surface area contributed by atoms with Gasteiger partial charge in [-0.1, -0.05) is 0 Å². The molecule has 1 heteroatoms. The molecule has 11 heavy (non-hydrogen) atoms. The van der Waals surface area contributed by atoms with E-state index in [2.05, 4.69) is 24.3 Å². The Kier molecular flexibility index (Phi) is 8.95. The van der Waals surface area contributed by atoms with E-state index in [1.54, 1.807) is 0 Å². The van der Waals surface area contributed by atoms with Crippen LogP contribution in [0.15, 0.2) is 36.5 Å². The van der Waals surface area contributed by atoms with Crippen LogP contribution in [0.2, 0.25) is 0 Å². The Morgan fingerprint density at radius 1 is 0.909 bits per heavy atom. The first kappa shape index (κ1) is 11.5. The summed E-state index contributed by atoms with van der Waals surface area (Å²) in [6.45, 7) is 0. The van der Waals surface area contributed by atoms with Gasteiger partial charge in [0.1, 0.15) is 0 Å². The number of hydrogen-bond acceptors (Lipinski definition) is 0. The third kappa shape index (κ3) is 6.86. The van der Waals surface area contributed by atoms with Crippen LogP contribution in [0, 0.1) is 59.1 Å². The van der Waals surface area contributed by atoms with Crippen LogP contribution >= 0.6 is 0 Å². The quantitative estimate of drug-likeness (QED) is 0.604. The van der Waals surface area contributed by atoms with Crippen molar-refractivity contribution in [2.45, 2.75) is 12.8 Å². The van der Waals surface area contributed by atoms with Gasteiger partial charge in [0.05, 0.1) is 0 Å². The van der Waals surface area contributed by atoms with E-state index in [1.807, 2.05) is 24.3 Å². The van der Waals surface area contributed by atoms with Crippen LogP contribution in [0.25, 0.3) is 0 Å². The van der Waals surface area contributed by atoms with Crippen LogP contribution in [0.5, 0.6) is 0 Å². The predicted molar refractivity (Wildman–Crippen MR) is 44.3 cm³/mol. The molecule has 0 aliphatic heterocycles. The molecule has 0 nitrogen and oxygen atoms in total. The molecule has 0 saturated heterocycles. The van der Waals surface area contributed by atoms with Gasteiger partial charge in [0.15, 0.2) is 0 Å². The minimum atomic E-state index is 0. The molecule has 0 saturated carbocycles. The van der Waals surface area contributed by atoms with Gasteiger partial charge in [-0.05, 0) is 0 Å². The Labute approximate surface area is 108 Å². The maximum Gasteiger partial charge on any atom is 3.00 e. The molecule has 0 spiro atoms. The molecule has 0 aromatic heterocycles. The molecule has 2 aliphatic rings. The fourth-order valence-electron chi connectivity index (χ4n) is 0.680. The van der Waals surface area contributed by atoms with E-state index in [0.29, 0.717) is 0 Å². The van der Waals surface area contributed by atoms with Gasteiger partial charge in [0.2, 0.25) is 0 Å². The summed E-state index contributed by atoms with van der Waals surface area (Å²) in [5, 5.41) is 0. The minimum absolute atomic E-state index is 0. The van der Waals surface area contributed by atoms with Crippen molar-refractivity contribution in [3.05, 3.63) is 48.6 Å². The Hall–Kier alpha value is 0.479. The topological polar surface area (TPSA) is 0 Å². The first-order chi connectivity index (χ1) is 5.00. The molecule has 0 amide bonds. The predicted octanol–water partition coefficient (Wildman–Crippen LogP) is 2.72. The third-order valence-corrected chi connectivity index (χ3v) is 1.17. The molecular formula is C10H11Yb. The van der Waals surface area contributed by atoms with Crippen molar-refractivity contribution < 1.29 is 48.4 Å². The van der Waals surface area contributed by atoms with Crippen molar-refractivity contribution in [1.29, 1.82) is 0 Å². The SMILES string of the molecule is [C-]1=CC=CC1.[C-]1=CC=CC1.[H-].[Yb+3]. The summed E-state index contributed by atoms with van der Waals surface area (Å²) < 4.78 is 0. The number of rotatable bonds is 0. The van der Waals surface area contributed by atoms with Crippen molar-refractivity contribution in [3.8, 4) is 0 Å². The van der Waals surface area contributed by atoms with Crippen LogP contribution in [0.3, 0.4) is 0 Å². The van der Waals surface area contributed by atoms with Crippen molar-refractivity contribution in [1.82, 2.24) is 0 Å². The number of hydrogen-bond donors (Lipinski definition) is 0. The maximum atomic E-state index is 2.99. The second-order valence-electron chi connectivity index (χ2n) is 2.01. The fourth-order valence-corrected chi connectivity index (χ4v) is 0.680. The number of allylic oxidation sites excluding steroid dienone is 8. The summed E-state index contributed by atoms with van der Waals surface area (Å²) in [6, 6.07) is 0. The summed E-state index contributed by atoms with van der Waals surface area (Å²) in [5.41, 5.74) is 0. The normalized spacial score (nSPS) is 16.0. The van der Waals surface area contributed by atoms with Gasteiger partial charge >= 0.3 is 46.9 Å². The fraction of sp³-hybridized carbons (Fsp3) is 0.200. The molecule has 65 valence electrons. The second kappa shape index (κ2) is 8.57. The Morgan fingerprint density at radius 3 is 1.45 bits per heavy atom. The third-order valence-electron chi connectivity index (χ3n) is 1.17. The monoisotopic (exact) mass is 305 g/mol. The van der Waals surface area contributed by atoms with Gasteiger partial charge in [0, 0.05) is 0 Å². The molecule has 0 aromatic carbocycles. The van der Waals surface area contributed by atoms with E-state index in [1.165, 1.54) is 0 Å². The molecule has 0 bridgehead atoms. The Bertz CT molecular complexity index is 148. The van der Waals surface area contributed by atoms with E-state index < -0.39 is 0 Å². The molecular weight excluding hydrogens is 293 g/mol. The van der Waals surface area contributed by atoms with E-state index in [-0.39, 0.29) is 48.4 Å². The summed E-state index contributed by atoms with van der Waals surface area (Å²) >= 11 is 0. The maximum absolute atomic E-state index is 2.99. The van der Waals surface area contributed by atoms with Crippen LogP contribution < -0.4 is 0 Å². The van der Waals surface area contributed by atoms with Crippen molar-refractivity contribution in [3.63, 3.8) is 0 Å². The van der Waals surface area contributed by atoms with E-state index in [9.17, 15) is 0 Å². The summed E-state index contributed by atoms with van der Waals surface area (Å²) in [6.07, 6.45) is 20.0. The van der Waals surface area contributed by atoms with E-state index >= 15 is 0 Å². The minimum Gasteiger partial charge on any atom is -1.00 e. The van der Waals surface area contributed by atoms with E-state index in [4.69, 9.17) is 0 Å². The van der Waals surface area contributed by atoms with Crippen molar-refractivity contribution in [2.75, 3.05) is 0 Å². The second-order valence-corrected chi connectivity index (χ2v) is 2.01. The van der Waals surface area contributed by atoms with Gasteiger partial charge in [-0.3, -0.25) is 12.2 Å². The summed E-state index contributed by atoms with van der Waals surface area (Å²) in [4.78, 5) is 0. The molecule has 2 aliphatic carbocycles. The van der Waals surface area contributed by atoms with Crippen molar-refractivity contribution in [2.24, 2.45) is 0 Å². The zero-order valence-corrected chi connectivity index (χ0v) is 7.86. The molecule has 0 unspecified atom stereocenters. The largest absolute Gasteiger partial charge is 3.00 e. The summed E-state index contributed by atoms with van der Waals surface area (Å²) in [7, 11) is 0. The average molecular weight is 304 g/mol. The van der Waals surface area contributed by atoms with Crippen LogP contribution in [0.1, 0.15) is 14.3 Å². The Morgan fingerprint density at radius 2 is 1.36 bits per heavy atom. The van der Waals surface area contributed by atoms with Gasteiger partial charge in [-0.2, -0.15) is 12.2 Å². The molecule has 0 aromatic rings. The molecule has 0 heterocycles. The van der Waals surface area contributed by atoms with Gasteiger partial charge in [0.25, 0.3) is 0 Å². The Balaban J connectivity index is 0. The smallest absolute Gasteiger partial charge is 1.00 e.